The smallest absolute Gasteiger partial charge is 0.220 e. The summed E-state index contributed by atoms with van der Waals surface area (Å²) in [5.41, 5.74) is 0. The summed E-state index contributed by atoms with van der Waals surface area (Å²) in [4.78, 5) is 12.4. The van der Waals surface area contributed by atoms with Crippen LogP contribution in [0.1, 0.15) is 200 Å². The van der Waals surface area contributed by atoms with Gasteiger partial charge in [0.1, 0.15) is 0 Å². The summed E-state index contributed by atoms with van der Waals surface area (Å²) in [6.07, 6.45) is 64.0. The lowest BCUT2D eigenvalue weighted by Gasteiger charge is -2.20. The Bertz CT molecular complexity index is 972. The van der Waals surface area contributed by atoms with Crippen LogP contribution in [-0.2, 0) is 4.79 Å². The number of aliphatic hydroxyl groups is 2. The van der Waals surface area contributed by atoms with Gasteiger partial charge >= 0.3 is 0 Å². The number of hydrogen-bond acceptors (Lipinski definition) is 3. The Morgan fingerprint density at radius 3 is 1.25 bits per heavy atom. The van der Waals surface area contributed by atoms with Crippen LogP contribution < -0.4 is 5.32 Å². The molecule has 0 aromatic rings. The Balaban J connectivity index is 3.60. The van der Waals surface area contributed by atoms with E-state index in [1.54, 1.807) is 6.08 Å². The largest absolute Gasteiger partial charge is 0.394 e. The first-order chi connectivity index (χ1) is 26.2. The predicted octanol–water partition coefficient (Wildman–Crippen LogP) is 14.1. The van der Waals surface area contributed by atoms with E-state index < -0.39 is 12.1 Å². The summed E-state index contributed by atoms with van der Waals surface area (Å²) in [6.45, 7) is 4.17. The number of carbonyl (C=O) groups excluding carboxylic acids is 1. The highest BCUT2D eigenvalue weighted by Crippen LogP contribution is 2.14. The van der Waals surface area contributed by atoms with Gasteiger partial charge < -0.3 is 15.5 Å². The number of allylic oxidation sites excluding steroid dienone is 13. The quantitative estimate of drug-likeness (QED) is 0.0435. The summed E-state index contributed by atoms with van der Waals surface area (Å²) < 4.78 is 0. The molecular weight excluding hydrogens is 651 g/mol. The molecule has 4 nitrogen and oxygen atoms in total. The van der Waals surface area contributed by atoms with E-state index >= 15 is 0 Å². The Kier molecular flexibility index (Phi) is 42.0. The van der Waals surface area contributed by atoms with E-state index in [0.29, 0.717) is 6.42 Å². The van der Waals surface area contributed by atoms with E-state index in [2.05, 4.69) is 92.1 Å². The fourth-order valence-corrected chi connectivity index (χ4v) is 6.24. The molecule has 304 valence electrons. The van der Waals surface area contributed by atoms with E-state index in [0.717, 1.165) is 64.2 Å². The van der Waals surface area contributed by atoms with Gasteiger partial charge in [0.05, 0.1) is 18.8 Å². The maximum atomic E-state index is 12.4. The van der Waals surface area contributed by atoms with Crippen molar-refractivity contribution >= 4 is 5.91 Å². The summed E-state index contributed by atoms with van der Waals surface area (Å²) in [5.74, 6) is -0.0739. The van der Waals surface area contributed by atoms with Crippen LogP contribution in [0.25, 0.3) is 0 Å². The van der Waals surface area contributed by atoms with Crippen molar-refractivity contribution in [3.63, 3.8) is 0 Å². The van der Waals surface area contributed by atoms with Crippen LogP contribution in [0, 0.1) is 0 Å². The Hall–Kier alpha value is -2.43. The van der Waals surface area contributed by atoms with Crippen LogP contribution >= 0.6 is 0 Å². The van der Waals surface area contributed by atoms with Crippen LogP contribution in [0.2, 0.25) is 0 Å². The summed E-state index contributed by atoms with van der Waals surface area (Å²) in [7, 11) is 0. The van der Waals surface area contributed by atoms with Gasteiger partial charge in [-0.25, -0.2) is 0 Å². The molecule has 0 heterocycles. The number of amides is 1. The van der Waals surface area contributed by atoms with Gasteiger partial charge in [0, 0.05) is 6.42 Å². The molecule has 0 rings (SSSR count). The van der Waals surface area contributed by atoms with E-state index in [1.807, 2.05) is 6.08 Å². The third-order valence-electron chi connectivity index (χ3n) is 9.63. The molecule has 3 N–H and O–H groups in total. The average molecular weight is 736 g/mol. The number of rotatable bonds is 39. The van der Waals surface area contributed by atoms with Crippen molar-refractivity contribution in [2.24, 2.45) is 0 Å². The molecule has 0 saturated carbocycles. The van der Waals surface area contributed by atoms with Gasteiger partial charge in [-0.3, -0.25) is 4.79 Å². The molecule has 0 fully saturated rings. The molecule has 0 aliphatic rings. The molecule has 1 amide bonds. The van der Waals surface area contributed by atoms with Crippen molar-refractivity contribution < 1.29 is 15.0 Å². The zero-order chi connectivity index (χ0) is 38.6. The van der Waals surface area contributed by atoms with Crippen LogP contribution in [0.15, 0.2) is 85.1 Å². The topological polar surface area (TPSA) is 69.6 Å². The zero-order valence-corrected chi connectivity index (χ0v) is 34.8. The highest BCUT2D eigenvalue weighted by Gasteiger charge is 2.17. The fraction of sp³-hybridized carbons (Fsp3) is 0.694. The number of aliphatic hydroxyl groups excluding tert-OH is 2. The van der Waals surface area contributed by atoms with Crippen molar-refractivity contribution in [1.29, 1.82) is 0 Å². The fourth-order valence-electron chi connectivity index (χ4n) is 6.24. The first kappa shape index (κ1) is 50.6. The van der Waals surface area contributed by atoms with Gasteiger partial charge in [-0.1, -0.05) is 208 Å². The number of nitrogens with one attached hydrogen (secondary N) is 1. The molecule has 0 aliphatic heterocycles. The van der Waals surface area contributed by atoms with Crippen molar-refractivity contribution in [1.82, 2.24) is 5.32 Å². The first-order valence-corrected chi connectivity index (χ1v) is 22.3. The lowest BCUT2D eigenvalue weighted by molar-refractivity contribution is -0.123. The van der Waals surface area contributed by atoms with Crippen molar-refractivity contribution in [3.05, 3.63) is 85.1 Å². The molecular formula is C49H85NO3. The maximum absolute atomic E-state index is 12.4. The molecule has 0 aliphatic carbocycles. The first-order valence-electron chi connectivity index (χ1n) is 22.3. The van der Waals surface area contributed by atoms with Crippen molar-refractivity contribution in [2.45, 2.75) is 212 Å². The third kappa shape index (κ3) is 40.6. The van der Waals surface area contributed by atoms with Gasteiger partial charge in [0.2, 0.25) is 5.91 Å². The standard InChI is InChI=1S/C49H85NO3/c1-3-5-7-9-11-13-15-17-18-19-20-21-22-23-24-25-26-27-28-29-30-31-32-33-35-37-39-41-43-45-49(53)50-47(46-51)48(52)44-42-40-38-36-34-16-14-12-10-8-6-4-2/h5,7,11,13,17-18,20-21,23-24,26-27,42,44,47-48,51-52H,3-4,6,8-10,12,14-16,19,22,25,28-41,43,45-46H2,1-2H3,(H,50,53)/b7-5-,13-11-,18-17-,21-20-,24-23-,27-26-,44-42+. The van der Waals surface area contributed by atoms with Crippen LogP contribution in [0.4, 0.5) is 0 Å². The van der Waals surface area contributed by atoms with E-state index in [9.17, 15) is 15.0 Å². The molecule has 0 aromatic heterocycles. The van der Waals surface area contributed by atoms with E-state index in [-0.39, 0.29) is 12.5 Å². The minimum absolute atomic E-state index is 0.0739. The molecule has 0 radical (unpaired) electrons. The second-order valence-corrected chi connectivity index (χ2v) is 14.7. The van der Waals surface area contributed by atoms with Crippen LogP contribution in [-0.4, -0.2) is 34.9 Å². The summed E-state index contributed by atoms with van der Waals surface area (Å²) in [5, 5.41) is 23.0. The molecule has 0 aromatic carbocycles. The molecule has 4 heteroatoms. The highest BCUT2D eigenvalue weighted by atomic mass is 16.3. The van der Waals surface area contributed by atoms with Gasteiger partial charge in [0.15, 0.2) is 0 Å². The minimum atomic E-state index is -0.844. The molecule has 0 spiro atoms. The molecule has 0 saturated heterocycles. The summed E-state index contributed by atoms with van der Waals surface area (Å²) >= 11 is 0. The zero-order valence-electron chi connectivity index (χ0n) is 34.8. The summed E-state index contributed by atoms with van der Waals surface area (Å²) in [6, 6.07) is -0.628. The second kappa shape index (κ2) is 44.0. The highest BCUT2D eigenvalue weighted by molar-refractivity contribution is 5.76. The van der Waals surface area contributed by atoms with Crippen LogP contribution in [0.3, 0.4) is 0 Å². The Morgan fingerprint density at radius 2 is 0.830 bits per heavy atom. The van der Waals surface area contributed by atoms with Crippen molar-refractivity contribution in [2.75, 3.05) is 6.61 Å². The molecule has 53 heavy (non-hydrogen) atoms. The minimum Gasteiger partial charge on any atom is -0.394 e. The van der Waals surface area contributed by atoms with E-state index in [1.165, 1.54) is 116 Å². The lowest BCUT2D eigenvalue weighted by atomic mass is 10.0. The number of unbranched alkanes of at least 4 members (excludes halogenated alkanes) is 20. The number of carbonyl (C=O) groups is 1. The van der Waals surface area contributed by atoms with Gasteiger partial charge in [-0.15, -0.1) is 0 Å². The molecule has 0 bridgehead atoms. The van der Waals surface area contributed by atoms with Gasteiger partial charge in [0.25, 0.3) is 0 Å². The average Bonchev–Trinajstić information content (AvgIpc) is 3.16. The van der Waals surface area contributed by atoms with Gasteiger partial charge in [-0.05, 0) is 70.6 Å². The SMILES string of the molecule is CC/C=C\C/C=C\C/C=C\C/C=C\C/C=C\C/C=C\CCCCCCCCCCCCC(=O)NC(CO)C(O)/C=C/CCCCCCCCCCCC. The number of hydrogen-bond donors (Lipinski definition) is 3. The van der Waals surface area contributed by atoms with Crippen molar-refractivity contribution in [3.8, 4) is 0 Å². The van der Waals surface area contributed by atoms with E-state index in [4.69, 9.17) is 0 Å². The predicted molar refractivity (Wildman–Crippen MR) is 234 cm³/mol. The second-order valence-electron chi connectivity index (χ2n) is 14.7. The Labute approximate surface area is 329 Å². The normalized spacial score (nSPS) is 13.8. The van der Waals surface area contributed by atoms with Crippen LogP contribution in [0.5, 0.6) is 0 Å². The monoisotopic (exact) mass is 736 g/mol. The molecule has 2 unspecified atom stereocenters. The lowest BCUT2D eigenvalue weighted by Crippen LogP contribution is -2.45. The van der Waals surface area contributed by atoms with Gasteiger partial charge in [-0.2, -0.15) is 0 Å². The Morgan fingerprint density at radius 1 is 0.472 bits per heavy atom. The third-order valence-corrected chi connectivity index (χ3v) is 9.63. The molecule has 2 atom stereocenters. The maximum Gasteiger partial charge on any atom is 0.220 e.